The number of hydrogen-bond donors (Lipinski definition) is 1. The average Bonchev–Trinajstić information content (AvgIpc) is 3.11. The Kier molecular flexibility index (Phi) is 4.22. The largest absolute Gasteiger partial charge is 0.377 e. The third kappa shape index (κ3) is 3.06. The minimum absolute atomic E-state index is 0.516. The van der Waals surface area contributed by atoms with Crippen molar-refractivity contribution < 1.29 is 4.74 Å². The van der Waals surface area contributed by atoms with E-state index in [0.717, 1.165) is 24.6 Å². The molecule has 1 saturated carbocycles. The molecule has 0 radical (unpaired) electrons. The number of nitrogens with zero attached hydrogens (tertiary/aromatic N) is 1. The van der Waals surface area contributed by atoms with Crippen molar-refractivity contribution >= 4 is 0 Å². The Labute approximate surface area is 111 Å². The third-order valence-corrected chi connectivity index (χ3v) is 4.84. The number of piperazine rings is 1. The highest BCUT2D eigenvalue weighted by Gasteiger charge is 2.37. The van der Waals surface area contributed by atoms with Crippen molar-refractivity contribution in [2.75, 3.05) is 26.2 Å². The van der Waals surface area contributed by atoms with Gasteiger partial charge in [-0.05, 0) is 38.0 Å². The molecule has 1 N–H and O–H groups in total. The van der Waals surface area contributed by atoms with Crippen molar-refractivity contribution in [1.29, 1.82) is 0 Å². The van der Waals surface area contributed by atoms with Gasteiger partial charge >= 0.3 is 0 Å². The Hall–Kier alpha value is -0.120. The summed E-state index contributed by atoms with van der Waals surface area (Å²) in [5, 5.41) is 3.79. The van der Waals surface area contributed by atoms with Crippen LogP contribution in [0.1, 0.15) is 45.4 Å². The highest BCUT2D eigenvalue weighted by atomic mass is 16.5. The quantitative estimate of drug-likeness (QED) is 0.810. The van der Waals surface area contributed by atoms with Gasteiger partial charge in [0, 0.05) is 38.3 Å². The van der Waals surface area contributed by atoms with Gasteiger partial charge in [0.05, 0.1) is 6.10 Å². The minimum Gasteiger partial charge on any atom is -0.377 e. The smallest absolute Gasteiger partial charge is 0.0702 e. The van der Waals surface area contributed by atoms with Gasteiger partial charge in [-0.3, -0.25) is 4.90 Å². The molecule has 18 heavy (non-hydrogen) atoms. The average molecular weight is 252 g/mol. The second kappa shape index (κ2) is 5.89. The molecule has 3 aliphatic rings. The Bertz CT molecular complexity index is 259. The summed E-state index contributed by atoms with van der Waals surface area (Å²) in [6, 6.07) is 1.51. The normalized spacial score (nSPS) is 38.2. The molecule has 3 atom stereocenters. The molecular formula is C15H28N2O. The van der Waals surface area contributed by atoms with E-state index in [1.807, 2.05) is 0 Å². The molecule has 0 amide bonds. The van der Waals surface area contributed by atoms with E-state index >= 15 is 0 Å². The maximum absolute atomic E-state index is 5.83. The number of rotatable bonds is 5. The van der Waals surface area contributed by atoms with Crippen molar-refractivity contribution in [3.05, 3.63) is 0 Å². The van der Waals surface area contributed by atoms with E-state index in [0.29, 0.717) is 6.10 Å². The topological polar surface area (TPSA) is 24.5 Å². The Balaban J connectivity index is 1.56. The summed E-state index contributed by atoms with van der Waals surface area (Å²) >= 11 is 0. The monoisotopic (exact) mass is 252 g/mol. The summed E-state index contributed by atoms with van der Waals surface area (Å²) in [7, 11) is 0. The summed E-state index contributed by atoms with van der Waals surface area (Å²) in [5.41, 5.74) is 0. The molecule has 2 saturated heterocycles. The van der Waals surface area contributed by atoms with Crippen molar-refractivity contribution in [1.82, 2.24) is 10.2 Å². The first-order valence-electron chi connectivity index (χ1n) is 7.96. The van der Waals surface area contributed by atoms with Crippen molar-refractivity contribution in [3.63, 3.8) is 0 Å². The Morgan fingerprint density at radius 3 is 2.83 bits per heavy atom. The van der Waals surface area contributed by atoms with Crippen molar-refractivity contribution in [2.45, 2.75) is 63.6 Å². The van der Waals surface area contributed by atoms with Gasteiger partial charge in [0.15, 0.2) is 0 Å². The first kappa shape index (κ1) is 12.9. The van der Waals surface area contributed by atoms with Crippen LogP contribution < -0.4 is 5.32 Å². The van der Waals surface area contributed by atoms with Crippen molar-refractivity contribution in [2.24, 2.45) is 5.92 Å². The fourth-order valence-corrected chi connectivity index (χ4v) is 3.59. The number of ether oxygens (including phenoxy) is 1. The first-order chi connectivity index (χ1) is 8.86. The standard InChI is InChI=1S/C15H28N2O/c1-2-4-13-9-16-15(12-6-7-12)11-17(13)10-14-5-3-8-18-14/h12-16H,2-11H2,1H3. The SMILES string of the molecule is CCCC1CNC(C2CC2)CN1CC1CCCO1. The Morgan fingerprint density at radius 2 is 2.17 bits per heavy atom. The van der Waals surface area contributed by atoms with Crippen LogP contribution >= 0.6 is 0 Å². The van der Waals surface area contributed by atoms with Crippen LogP contribution in [0.15, 0.2) is 0 Å². The molecule has 0 spiro atoms. The maximum atomic E-state index is 5.83. The molecule has 3 nitrogen and oxygen atoms in total. The van der Waals surface area contributed by atoms with Gasteiger partial charge in [-0.1, -0.05) is 13.3 Å². The zero-order chi connectivity index (χ0) is 12.4. The summed E-state index contributed by atoms with van der Waals surface area (Å²) in [5.74, 6) is 0.972. The Morgan fingerprint density at radius 1 is 1.28 bits per heavy atom. The van der Waals surface area contributed by atoms with E-state index in [-0.39, 0.29) is 0 Å². The predicted octanol–water partition coefficient (Wildman–Crippen LogP) is 2.02. The van der Waals surface area contributed by atoms with E-state index < -0.39 is 0 Å². The fourth-order valence-electron chi connectivity index (χ4n) is 3.59. The fraction of sp³-hybridized carbons (Fsp3) is 1.00. The number of hydrogen-bond acceptors (Lipinski definition) is 3. The summed E-state index contributed by atoms with van der Waals surface area (Å²) < 4.78 is 5.83. The summed E-state index contributed by atoms with van der Waals surface area (Å²) in [6.07, 6.45) is 8.58. The molecule has 3 fully saturated rings. The minimum atomic E-state index is 0.516. The van der Waals surface area contributed by atoms with Crippen LogP contribution in [0.5, 0.6) is 0 Å². The summed E-state index contributed by atoms with van der Waals surface area (Å²) in [6.45, 7) is 6.92. The van der Waals surface area contributed by atoms with Gasteiger partial charge in [-0.2, -0.15) is 0 Å². The molecule has 2 aliphatic heterocycles. The van der Waals surface area contributed by atoms with E-state index in [4.69, 9.17) is 4.74 Å². The lowest BCUT2D eigenvalue weighted by molar-refractivity contribution is 0.0346. The number of nitrogens with one attached hydrogen (secondary N) is 1. The van der Waals surface area contributed by atoms with Crippen LogP contribution in [-0.2, 0) is 4.74 Å². The van der Waals surface area contributed by atoms with E-state index in [1.54, 1.807) is 0 Å². The van der Waals surface area contributed by atoms with Crippen LogP contribution in [0.3, 0.4) is 0 Å². The summed E-state index contributed by atoms with van der Waals surface area (Å²) in [4.78, 5) is 2.74. The van der Waals surface area contributed by atoms with Gasteiger partial charge < -0.3 is 10.1 Å². The maximum Gasteiger partial charge on any atom is 0.0702 e. The first-order valence-corrected chi connectivity index (χ1v) is 7.96. The van der Waals surface area contributed by atoms with E-state index in [1.165, 1.54) is 58.2 Å². The highest BCUT2D eigenvalue weighted by Crippen LogP contribution is 2.34. The van der Waals surface area contributed by atoms with Crippen LogP contribution in [0.25, 0.3) is 0 Å². The highest BCUT2D eigenvalue weighted by molar-refractivity contribution is 4.95. The molecule has 1 aliphatic carbocycles. The zero-order valence-electron chi connectivity index (χ0n) is 11.7. The molecule has 0 aromatic carbocycles. The third-order valence-electron chi connectivity index (χ3n) is 4.84. The molecule has 104 valence electrons. The lowest BCUT2D eigenvalue weighted by Crippen LogP contribution is -2.58. The van der Waals surface area contributed by atoms with Crippen LogP contribution in [-0.4, -0.2) is 49.3 Å². The molecule has 0 bridgehead atoms. The molecule has 0 aromatic rings. The molecular weight excluding hydrogens is 224 g/mol. The lowest BCUT2D eigenvalue weighted by atomic mass is 10.0. The second-order valence-electron chi connectivity index (χ2n) is 6.38. The second-order valence-corrected chi connectivity index (χ2v) is 6.38. The van der Waals surface area contributed by atoms with Crippen LogP contribution in [0.4, 0.5) is 0 Å². The van der Waals surface area contributed by atoms with Crippen molar-refractivity contribution in [3.8, 4) is 0 Å². The van der Waals surface area contributed by atoms with Gasteiger partial charge in [0.2, 0.25) is 0 Å². The lowest BCUT2D eigenvalue weighted by Gasteiger charge is -2.41. The zero-order valence-corrected chi connectivity index (χ0v) is 11.7. The van der Waals surface area contributed by atoms with E-state index in [9.17, 15) is 0 Å². The van der Waals surface area contributed by atoms with Crippen LogP contribution in [0, 0.1) is 5.92 Å². The predicted molar refractivity (Wildman–Crippen MR) is 73.8 cm³/mol. The molecule has 3 rings (SSSR count). The molecule has 3 heteroatoms. The van der Waals surface area contributed by atoms with E-state index in [2.05, 4.69) is 17.1 Å². The van der Waals surface area contributed by atoms with Gasteiger partial charge in [0.1, 0.15) is 0 Å². The van der Waals surface area contributed by atoms with Gasteiger partial charge in [-0.15, -0.1) is 0 Å². The molecule has 2 heterocycles. The van der Waals surface area contributed by atoms with Gasteiger partial charge in [0.25, 0.3) is 0 Å². The van der Waals surface area contributed by atoms with Crippen LogP contribution in [0.2, 0.25) is 0 Å². The molecule has 3 unspecified atom stereocenters. The van der Waals surface area contributed by atoms with Gasteiger partial charge in [-0.25, -0.2) is 0 Å². The molecule has 0 aromatic heterocycles.